The van der Waals surface area contributed by atoms with Crippen LogP contribution in [0.4, 0.5) is 19.3 Å². The van der Waals surface area contributed by atoms with E-state index in [9.17, 15) is 13.6 Å². The van der Waals surface area contributed by atoms with Gasteiger partial charge in [-0.2, -0.15) is 0 Å². The van der Waals surface area contributed by atoms with Gasteiger partial charge in [-0.05, 0) is 43.7 Å². The second-order valence-corrected chi connectivity index (χ2v) is 6.83. The number of carbonyl (C=O) groups excluding carboxylic acids is 1. The zero-order valence-electron chi connectivity index (χ0n) is 15.3. The number of carbonyl (C=O) groups is 1. The number of nitrogens with two attached hydrogens (primary N) is 1. The second-order valence-electron chi connectivity index (χ2n) is 6.83. The number of hydrogen-bond acceptors (Lipinski definition) is 4. The van der Waals surface area contributed by atoms with Crippen molar-refractivity contribution in [2.45, 2.75) is 32.5 Å². The van der Waals surface area contributed by atoms with Crippen molar-refractivity contribution in [1.82, 2.24) is 10.2 Å². The Labute approximate surface area is 157 Å². The van der Waals surface area contributed by atoms with E-state index in [2.05, 4.69) is 5.32 Å². The van der Waals surface area contributed by atoms with Crippen molar-refractivity contribution in [3.63, 3.8) is 0 Å². The summed E-state index contributed by atoms with van der Waals surface area (Å²) in [7, 11) is 0. The number of nitrogens with zero attached hydrogens (tertiary/aromatic N) is 1. The lowest BCUT2D eigenvalue weighted by molar-refractivity contribution is 0.0552. The number of halogens is 2. The van der Waals surface area contributed by atoms with Gasteiger partial charge in [0.2, 0.25) is 0 Å². The molecule has 0 radical (unpaired) electrons. The van der Waals surface area contributed by atoms with Crippen molar-refractivity contribution in [2.75, 3.05) is 18.8 Å². The zero-order valence-corrected chi connectivity index (χ0v) is 15.3. The van der Waals surface area contributed by atoms with Crippen LogP contribution in [0.1, 0.15) is 19.4 Å². The number of nitrogen functional groups attached to an aromatic ring is 1. The van der Waals surface area contributed by atoms with E-state index in [1.54, 1.807) is 29.2 Å². The monoisotopic (exact) mass is 375 g/mol. The highest BCUT2D eigenvalue weighted by atomic mass is 19.1. The van der Waals surface area contributed by atoms with Gasteiger partial charge in [-0.3, -0.25) is 0 Å². The molecule has 1 saturated heterocycles. The third kappa shape index (κ3) is 4.03. The van der Waals surface area contributed by atoms with Crippen molar-refractivity contribution < 1.29 is 18.3 Å². The summed E-state index contributed by atoms with van der Waals surface area (Å²) >= 11 is 0. The van der Waals surface area contributed by atoms with Crippen LogP contribution in [0.25, 0.3) is 11.1 Å². The van der Waals surface area contributed by atoms with E-state index in [4.69, 9.17) is 10.5 Å². The summed E-state index contributed by atoms with van der Waals surface area (Å²) in [5, 5.41) is 3.21. The zero-order chi connectivity index (χ0) is 19.6. The molecule has 7 heteroatoms. The summed E-state index contributed by atoms with van der Waals surface area (Å²) < 4.78 is 34.3. The predicted molar refractivity (Wildman–Crippen MR) is 100 cm³/mol. The van der Waals surface area contributed by atoms with E-state index in [1.165, 1.54) is 12.1 Å². The van der Waals surface area contributed by atoms with Crippen LogP contribution in [0.15, 0.2) is 36.4 Å². The lowest BCUT2D eigenvalue weighted by atomic mass is 10.0. The molecule has 1 aliphatic heterocycles. The highest BCUT2D eigenvalue weighted by Crippen LogP contribution is 2.28. The van der Waals surface area contributed by atoms with Crippen molar-refractivity contribution in [2.24, 2.45) is 0 Å². The fourth-order valence-electron chi connectivity index (χ4n) is 3.36. The Kier molecular flexibility index (Phi) is 5.60. The molecule has 2 atom stereocenters. The SMILES string of the molecule is CC1CNCC(C)N1C(=O)OCc1c(F)ccc(-c2cccc(N)c2)c1F. The Balaban J connectivity index is 1.81. The van der Waals surface area contributed by atoms with Crippen molar-refractivity contribution in [3.8, 4) is 11.1 Å². The summed E-state index contributed by atoms with van der Waals surface area (Å²) in [5.74, 6) is -1.51. The normalized spacial score (nSPS) is 19.8. The molecule has 3 rings (SSSR count). The second kappa shape index (κ2) is 7.92. The molecule has 0 spiro atoms. The Morgan fingerprint density at radius 2 is 1.93 bits per heavy atom. The van der Waals surface area contributed by atoms with E-state index < -0.39 is 24.3 Å². The smallest absolute Gasteiger partial charge is 0.410 e. The number of rotatable bonds is 3. The summed E-state index contributed by atoms with van der Waals surface area (Å²) in [6.45, 7) is 4.60. The third-order valence-corrected chi connectivity index (χ3v) is 4.76. The van der Waals surface area contributed by atoms with Gasteiger partial charge in [0.05, 0.1) is 5.56 Å². The molecule has 1 aliphatic rings. The van der Waals surface area contributed by atoms with Crippen molar-refractivity contribution in [3.05, 3.63) is 53.6 Å². The third-order valence-electron chi connectivity index (χ3n) is 4.76. The van der Waals surface area contributed by atoms with E-state index in [1.807, 2.05) is 13.8 Å². The maximum atomic E-state index is 14.9. The first-order valence-electron chi connectivity index (χ1n) is 8.87. The van der Waals surface area contributed by atoms with Crippen LogP contribution in [0.5, 0.6) is 0 Å². The Morgan fingerprint density at radius 3 is 2.59 bits per heavy atom. The highest BCUT2D eigenvalue weighted by Gasteiger charge is 2.30. The van der Waals surface area contributed by atoms with E-state index in [0.29, 0.717) is 24.3 Å². The van der Waals surface area contributed by atoms with Crippen LogP contribution in [-0.2, 0) is 11.3 Å². The largest absolute Gasteiger partial charge is 0.444 e. The van der Waals surface area contributed by atoms with Crippen LogP contribution in [-0.4, -0.2) is 36.2 Å². The van der Waals surface area contributed by atoms with Crippen LogP contribution < -0.4 is 11.1 Å². The standard InChI is InChI=1S/C20H23F2N3O2/c1-12-9-24-10-13(2)25(12)20(26)27-11-17-18(21)7-6-16(19(17)22)14-4-3-5-15(23)8-14/h3-8,12-13,24H,9-11,23H2,1-2H3. The minimum atomic E-state index is -0.755. The molecule has 2 aromatic rings. The molecule has 0 bridgehead atoms. The summed E-state index contributed by atoms with van der Waals surface area (Å²) in [5.41, 5.74) is 6.68. The molecule has 1 heterocycles. The Hall–Kier alpha value is -2.67. The Bertz CT molecular complexity index is 834. The van der Waals surface area contributed by atoms with Crippen molar-refractivity contribution >= 4 is 11.8 Å². The van der Waals surface area contributed by atoms with E-state index >= 15 is 0 Å². The lowest BCUT2D eigenvalue weighted by Gasteiger charge is -2.38. The number of amides is 1. The van der Waals surface area contributed by atoms with E-state index in [0.717, 1.165) is 0 Å². The van der Waals surface area contributed by atoms with Crippen LogP contribution in [0, 0.1) is 11.6 Å². The fraction of sp³-hybridized carbons (Fsp3) is 0.350. The predicted octanol–water partition coefficient (Wildman–Crippen LogP) is 3.53. The minimum Gasteiger partial charge on any atom is -0.444 e. The fourth-order valence-corrected chi connectivity index (χ4v) is 3.36. The maximum Gasteiger partial charge on any atom is 0.410 e. The molecule has 0 aliphatic carbocycles. The van der Waals surface area contributed by atoms with Crippen LogP contribution in [0.2, 0.25) is 0 Å². The van der Waals surface area contributed by atoms with Gasteiger partial charge in [0.15, 0.2) is 0 Å². The molecule has 2 aromatic carbocycles. The van der Waals surface area contributed by atoms with E-state index in [-0.39, 0.29) is 23.2 Å². The Morgan fingerprint density at radius 1 is 1.22 bits per heavy atom. The van der Waals surface area contributed by atoms with Gasteiger partial charge in [0.1, 0.15) is 18.2 Å². The lowest BCUT2D eigenvalue weighted by Crippen LogP contribution is -2.57. The molecule has 1 amide bonds. The summed E-state index contributed by atoms with van der Waals surface area (Å²) in [6.07, 6.45) is -0.579. The molecule has 0 aromatic heterocycles. The number of piperazine rings is 1. The summed E-state index contributed by atoms with van der Waals surface area (Å²) in [6, 6.07) is 9.07. The van der Waals surface area contributed by atoms with Gasteiger partial charge in [0, 0.05) is 36.4 Å². The number of hydrogen-bond donors (Lipinski definition) is 2. The first kappa shape index (κ1) is 19.1. The highest BCUT2D eigenvalue weighted by molar-refractivity contribution is 5.70. The summed E-state index contributed by atoms with van der Waals surface area (Å²) in [4.78, 5) is 14.0. The molecule has 2 unspecified atom stereocenters. The number of benzene rings is 2. The topological polar surface area (TPSA) is 67.6 Å². The first-order valence-corrected chi connectivity index (χ1v) is 8.87. The molecule has 144 valence electrons. The van der Waals surface area contributed by atoms with Gasteiger partial charge in [-0.25, -0.2) is 13.6 Å². The first-order chi connectivity index (χ1) is 12.9. The van der Waals surface area contributed by atoms with Gasteiger partial charge in [-0.15, -0.1) is 0 Å². The molecular weight excluding hydrogens is 352 g/mol. The average molecular weight is 375 g/mol. The average Bonchev–Trinajstić information content (AvgIpc) is 2.61. The van der Waals surface area contributed by atoms with Gasteiger partial charge in [-0.1, -0.05) is 12.1 Å². The maximum absolute atomic E-state index is 14.9. The van der Waals surface area contributed by atoms with Gasteiger partial charge in [0.25, 0.3) is 0 Å². The number of ether oxygens (including phenoxy) is 1. The van der Waals surface area contributed by atoms with Crippen LogP contribution in [0.3, 0.4) is 0 Å². The quantitative estimate of drug-likeness (QED) is 0.806. The van der Waals surface area contributed by atoms with Crippen LogP contribution >= 0.6 is 0 Å². The molecule has 0 saturated carbocycles. The van der Waals surface area contributed by atoms with Gasteiger partial charge < -0.3 is 20.7 Å². The molecule has 3 N–H and O–H groups in total. The van der Waals surface area contributed by atoms with Gasteiger partial charge >= 0.3 is 6.09 Å². The van der Waals surface area contributed by atoms with Crippen molar-refractivity contribution in [1.29, 1.82) is 0 Å². The molecule has 1 fully saturated rings. The number of nitrogens with one attached hydrogen (secondary N) is 1. The molecular formula is C20H23F2N3O2. The number of anilines is 1. The molecule has 5 nitrogen and oxygen atoms in total. The minimum absolute atomic E-state index is 0.0606. The molecule has 27 heavy (non-hydrogen) atoms.